The Bertz CT molecular complexity index is 949. The lowest BCUT2D eigenvalue weighted by Crippen LogP contribution is -2.29. The van der Waals surface area contributed by atoms with Gasteiger partial charge in [0.2, 0.25) is 5.95 Å². The minimum atomic E-state index is -0.427. The number of aromatic nitrogens is 5. The standard InChI is InChI=1S/C19H23FN6O/c1-11(2)16-10-22-26-18(16)24-17(12-7-13(20)9-21-8-12)25-19(26)23-14-3-5-15(27)6-4-14/h7-11,14-15,27H,3-6H2,1-2H3,(H,23,24,25)/t14-,15-. The zero-order valence-corrected chi connectivity index (χ0v) is 15.4. The average molecular weight is 370 g/mol. The van der Waals surface area contributed by atoms with E-state index in [0.29, 0.717) is 23.0 Å². The Morgan fingerprint density at radius 3 is 2.63 bits per heavy atom. The summed E-state index contributed by atoms with van der Waals surface area (Å²) in [6.07, 6.45) is 7.56. The van der Waals surface area contributed by atoms with E-state index in [0.717, 1.165) is 37.4 Å². The summed E-state index contributed by atoms with van der Waals surface area (Å²) in [5.74, 6) is 0.806. The fourth-order valence-electron chi connectivity index (χ4n) is 3.46. The van der Waals surface area contributed by atoms with Gasteiger partial charge in [-0.15, -0.1) is 0 Å². The first-order valence-corrected chi connectivity index (χ1v) is 9.32. The van der Waals surface area contributed by atoms with Gasteiger partial charge >= 0.3 is 0 Å². The molecule has 1 saturated carbocycles. The second kappa shape index (κ2) is 7.19. The van der Waals surface area contributed by atoms with Crippen LogP contribution in [-0.2, 0) is 0 Å². The number of nitrogens with one attached hydrogen (secondary N) is 1. The molecule has 1 fully saturated rings. The number of hydrogen-bond acceptors (Lipinski definition) is 6. The Morgan fingerprint density at radius 2 is 1.93 bits per heavy atom. The number of rotatable bonds is 4. The Kier molecular flexibility index (Phi) is 4.73. The molecule has 4 rings (SSSR count). The van der Waals surface area contributed by atoms with Crippen molar-refractivity contribution in [3.8, 4) is 11.4 Å². The zero-order chi connectivity index (χ0) is 19.0. The van der Waals surface area contributed by atoms with Crippen LogP contribution >= 0.6 is 0 Å². The van der Waals surface area contributed by atoms with E-state index >= 15 is 0 Å². The number of halogens is 1. The molecule has 3 heterocycles. The molecule has 0 aliphatic heterocycles. The lowest BCUT2D eigenvalue weighted by molar-refractivity contribution is 0.126. The van der Waals surface area contributed by atoms with Crippen LogP contribution in [0.2, 0.25) is 0 Å². The fourth-order valence-corrected chi connectivity index (χ4v) is 3.46. The van der Waals surface area contributed by atoms with Crippen molar-refractivity contribution in [2.24, 2.45) is 0 Å². The van der Waals surface area contributed by atoms with E-state index in [1.165, 1.54) is 6.07 Å². The second-order valence-corrected chi connectivity index (χ2v) is 7.40. The molecular weight excluding hydrogens is 347 g/mol. The van der Waals surface area contributed by atoms with Crippen molar-refractivity contribution in [1.29, 1.82) is 0 Å². The molecule has 0 aromatic carbocycles. The number of anilines is 1. The van der Waals surface area contributed by atoms with Crippen LogP contribution in [0.15, 0.2) is 24.7 Å². The predicted molar refractivity (Wildman–Crippen MR) is 99.9 cm³/mol. The third kappa shape index (κ3) is 3.62. The van der Waals surface area contributed by atoms with E-state index in [1.54, 1.807) is 16.9 Å². The summed E-state index contributed by atoms with van der Waals surface area (Å²) >= 11 is 0. The molecule has 8 heteroatoms. The largest absolute Gasteiger partial charge is 0.393 e. The quantitative estimate of drug-likeness (QED) is 0.733. The normalized spacial score (nSPS) is 20.3. The molecule has 2 N–H and O–H groups in total. The van der Waals surface area contributed by atoms with Crippen LogP contribution in [0.5, 0.6) is 0 Å². The molecule has 142 valence electrons. The van der Waals surface area contributed by atoms with Gasteiger partial charge < -0.3 is 10.4 Å². The van der Waals surface area contributed by atoms with Crippen molar-refractivity contribution in [2.75, 3.05) is 5.32 Å². The highest BCUT2D eigenvalue weighted by molar-refractivity contribution is 5.62. The third-order valence-corrected chi connectivity index (χ3v) is 5.01. The minimum absolute atomic E-state index is 0.205. The van der Waals surface area contributed by atoms with Crippen molar-refractivity contribution in [3.63, 3.8) is 0 Å². The maximum absolute atomic E-state index is 13.6. The molecule has 3 aromatic rings. The molecule has 1 aliphatic rings. The Hall–Kier alpha value is -2.61. The molecule has 0 bridgehead atoms. The summed E-state index contributed by atoms with van der Waals surface area (Å²) in [6, 6.07) is 1.59. The first kappa shape index (κ1) is 17.8. The average Bonchev–Trinajstić information content (AvgIpc) is 3.08. The smallest absolute Gasteiger partial charge is 0.228 e. The minimum Gasteiger partial charge on any atom is -0.393 e. The van der Waals surface area contributed by atoms with Gasteiger partial charge in [0.05, 0.1) is 18.5 Å². The number of fused-ring (bicyclic) bond motifs is 1. The number of pyridine rings is 1. The topological polar surface area (TPSA) is 88.2 Å². The lowest BCUT2D eigenvalue weighted by Gasteiger charge is -2.26. The van der Waals surface area contributed by atoms with Crippen LogP contribution in [-0.4, -0.2) is 41.8 Å². The van der Waals surface area contributed by atoms with Gasteiger partial charge in [0.1, 0.15) is 5.82 Å². The van der Waals surface area contributed by atoms with E-state index in [4.69, 9.17) is 0 Å². The van der Waals surface area contributed by atoms with E-state index in [2.05, 4.69) is 39.2 Å². The van der Waals surface area contributed by atoms with E-state index in [1.807, 2.05) is 0 Å². The van der Waals surface area contributed by atoms with E-state index < -0.39 is 5.82 Å². The van der Waals surface area contributed by atoms with E-state index in [9.17, 15) is 9.50 Å². The van der Waals surface area contributed by atoms with Crippen LogP contribution in [0.25, 0.3) is 17.0 Å². The van der Waals surface area contributed by atoms with Crippen molar-refractivity contribution >= 4 is 11.6 Å². The first-order valence-electron chi connectivity index (χ1n) is 9.32. The van der Waals surface area contributed by atoms with Gasteiger partial charge in [0.15, 0.2) is 11.5 Å². The summed E-state index contributed by atoms with van der Waals surface area (Å²) in [6.45, 7) is 4.16. The SMILES string of the molecule is CC(C)c1cnn2c(N[C@H]3CC[C@H](O)CC3)nc(-c3cncc(F)c3)nc12. The van der Waals surface area contributed by atoms with Crippen LogP contribution in [0, 0.1) is 5.82 Å². The van der Waals surface area contributed by atoms with Gasteiger partial charge in [0, 0.05) is 23.4 Å². The van der Waals surface area contributed by atoms with Crippen LogP contribution in [0.3, 0.4) is 0 Å². The van der Waals surface area contributed by atoms with Gasteiger partial charge in [-0.3, -0.25) is 4.98 Å². The molecule has 0 saturated heterocycles. The maximum Gasteiger partial charge on any atom is 0.228 e. The summed E-state index contributed by atoms with van der Waals surface area (Å²) < 4.78 is 15.4. The van der Waals surface area contributed by atoms with Crippen LogP contribution in [0.1, 0.15) is 51.0 Å². The van der Waals surface area contributed by atoms with Gasteiger partial charge in [-0.05, 0) is 37.7 Å². The summed E-state index contributed by atoms with van der Waals surface area (Å²) in [5, 5.41) is 17.6. The molecular formula is C19H23FN6O. The molecule has 0 radical (unpaired) electrons. The highest BCUT2D eigenvalue weighted by atomic mass is 19.1. The molecule has 7 nitrogen and oxygen atoms in total. The monoisotopic (exact) mass is 370 g/mol. The predicted octanol–water partition coefficient (Wildman–Crippen LogP) is 3.16. The van der Waals surface area contributed by atoms with Gasteiger partial charge in [-0.1, -0.05) is 13.8 Å². The highest BCUT2D eigenvalue weighted by Gasteiger charge is 2.22. The Morgan fingerprint density at radius 1 is 1.15 bits per heavy atom. The number of aliphatic hydroxyl groups is 1. The molecule has 0 atom stereocenters. The fraction of sp³-hybridized carbons (Fsp3) is 0.474. The maximum atomic E-state index is 13.6. The molecule has 3 aromatic heterocycles. The number of hydrogen-bond donors (Lipinski definition) is 2. The number of aliphatic hydroxyl groups excluding tert-OH is 1. The molecule has 1 aliphatic carbocycles. The Labute approximate surface area is 156 Å². The summed E-state index contributed by atoms with van der Waals surface area (Å²) in [4.78, 5) is 13.2. The van der Waals surface area contributed by atoms with Crippen LogP contribution in [0.4, 0.5) is 10.3 Å². The molecule has 0 amide bonds. The van der Waals surface area contributed by atoms with Crippen molar-refractivity contribution in [3.05, 3.63) is 36.0 Å². The van der Waals surface area contributed by atoms with Gasteiger partial charge in [0.25, 0.3) is 0 Å². The zero-order valence-electron chi connectivity index (χ0n) is 15.4. The van der Waals surface area contributed by atoms with Crippen molar-refractivity contribution in [2.45, 2.75) is 57.6 Å². The molecule has 27 heavy (non-hydrogen) atoms. The van der Waals surface area contributed by atoms with Crippen molar-refractivity contribution < 1.29 is 9.50 Å². The van der Waals surface area contributed by atoms with Crippen molar-refractivity contribution in [1.82, 2.24) is 24.6 Å². The second-order valence-electron chi connectivity index (χ2n) is 7.40. The summed E-state index contributed by atoms with van der Waals surface area (Å²) in [7, 11) is 0. The molecule has 0 unspecified atom stereocenters. The number of nitrogens with zero attached hydrogens (tertiary/aromatic N) is 5. The third-order valence-electron chi connectivity index (χ3n) is 5.01. The highest BCUT2D eigenvalue weighted by Crippen LogP contribution is 2.26. The van der Waals surface area contributed by atoms with Crippen LogP contribution < -0.4 is 5.32 Å². The lowest BCUT2D eigenvalue weighted by atomic mass is 9.93. The summed E-state index contributed by atoms with van der Waals surface area (Å²) in [5.41, 5.74) is 2.23. The van der Waals surface area contributed by atoms with E-state index in [-0.39, 0.29) is 18.1 Å². The molecule has 0 spiro atoms. The van der Waals surface area contributed by atoms with Gasteiger partial charge in [-0.2, -0.15) is 14.6 Å². The van der Waals surface area contributed by atoms with Gasteiger partial charge in [-0.25, -0.2) is 9.37 Å². The Balaban J connectivity index is 1.78. The first-order chi connectivity index (χ1) is 13.0.